The molecule has 1 spiro atoms. The molecule has 0 bridgehead atoms. The number of piperidine rings is 1. The van der Waals surface area contributed by atoms with Crippen molar-refractivity contribution in [2.24, 2.45) is 10.8 Å². The van der Waals surface area contributed by atoms with E-state index in [-0.39, 0.29) is 65.6 Å². The average molecular weight is 788 g/mol. The standard InChI is InChI=1S/C44H55F2N5O6/c1-3-31-34(45)8-7-27-18-29(53)19-32(36(27)31)38-37(46)39-33(20-47-38)40(50-21-30(22-52)56-24-42(2,54)23-50)49-41(48-39)57-26-44-11-4-6-35(44)51(16-5-12-44)28-9-13-43(14-10-28)15-17-55-25-43/h7-8,18-20,28,30,35,52-54H,3-6,9-17,21-26H2,1-2H3/t28?,30-,35-,42+,43?,44-/m1/s1. The molecule has 9 rings (SSSR count). The number of aromatic nitrogens is 3. The number of halogens is 2. The Morgan fingerprint density at radius 3 is 2.61 bits per heavy atom. The number of benzene rings is 2. The van der Waals surface area contributed by atoms with Gasteiger partial charge >= 0.3 is 6.01 Å². The minimum atomic E-state index is -1.31. The molecule has 4 atom stereocenters. The second kappa shape index (κ2) is 15.1. The van der Waals surface area contributed by atoms with Crippen molar-refractivity contribution in [3.05, 3.63) is 47.7 Å². The Bertz CT molecular complexity index is 2140. The summed E-state index contributed by atoms with van der Waals surface area (Å²) in [7, 11) is 0. The number of likely N-dealkylation sites (tertiary alicyclic amines) is 1. The number of hydrogen-bond donors (Lipinski definition) is 3. The Kier molecular flexibility index (Phi) is 10.3. The van der Waals surface area contributed by atoms with Crippen LogP contribution in [-0.2, 0) is 15.9 Å². The molecule has 0 amide bonds. The lowest BCUT2D eigenvalue weighted by Gasteiger charge is -2.51. The summed E-state index contributed by atoms with van der Waals surface area (Å²) in [4.78, 5) is 18.8. The fraction of sp³-hybridized carbons (Fsp3) is 0.614. The third-order valence-corrected chi connectivity index (χ3v) is 14.0. The van der Waals surface area contributed by atoms with Gasteiger partial charge in [0.1, 0.15) is 34.2 Å². The lowest BCUT2D eigenvalue weighted by Crippen LogP contribution is -2.56. The maximum absolute atomic E-state index is 17.3. The normalized spacial score (nSPS) is 31.0. The Hall–Kier alpha value is -3.75. The minimum Gasteiger partial charge on any atom is -0.508 e. The fourth-order valence-corrected chi connectivity index (χ4v) is 11.1. The zero-order chi connectivity index (χ0) is 39.5. The van der Waals surface area contributed by atoms with E-state index >= 15 is 8.78 Å². The number of phenols is 1. The summed E-state index contributed by atoms with van der Waals surface area (Å²) in [5, 5.41) is 33.5. The van der Waals surface area contributed by atoms with Gasteiger partial charge in [-0.25, -0.2) is 8.78 Å². The van der Waals surface area contributed by atoms with Gasteiger partial charge in [0.05, 0.1) is 44.5 Å². The Balaban J connectivity index is 1.10. The van der Waals surface area contributed by atoms with E-state index in [1.54, 1.807) is 17.9 Å². The van der Waals surface area contributed by atoms with E-state index in [2.05, 4.69) is 9.88 Å². The molecule has 4 aromatic rings. The molecule has 306 valence electrons. The first-order valence-corrected chi connectivity index (χ1v) is 21.0. The molecular formula is C44H55F2N5O6. The van der Waals surface area contributed by atoms with Crippen molar-refractivity contribution < 1.29 is 38.3 Å². The molecule has 0 unspecified atom stereocenters. The zero-order valence-corrected chi connectivity index (χ0v) is 33.1. The van der Waals surface area contributed by atoms with Crippen LogP contribution in [0.5, 0.6) is 11.8 Å². The summed E-state index contributed by atoms with van der Waals surface area (Å²) >= 11 is 0. The van der Waals surface area contributed by atoms with E-state index < -0.39 is 23.3 Å². The van der Waals surface area contributed by atoms with Crippen molar-refractivity contribution in [3.63, 3.8) is 0 Å². The highest BCUT2D eigenvalue weighted by atomic mass is 19.1. The van der Waals surface area contributed by atoms with Crippen LogP contribution >= 0.6 is 0 Å². The lowest BCUT2D eigenvalue weighted by atomic mass is 9.69. The Labute approximate surface area is 332 Å². The number of anilines is 1. The SMILES string of the molecule is CCc1c(F)ccc2cc(O)cc(-c3ncc4c(N5C[C@H](CO)OC[C@@](C)(O)C5)nc(OC[C@]56CCC[C@H]5N(C5CCC7(CCOC7)CC5)CCC6)nc4c3F)c12. The lowest BCUT2D eigenvalue weighted by molar-refractivity contribution is -0.0528. The van der Waals surface area contributed by atoms with Crippen LogP contribution in [0.2, 0.25) is 0 Å². The van der Waals surface area contributed by atoms with Crippen molar-refractivity contribution in [1.82, 2.24) is 19.9 Å². The number of aromatic hydroxyl groups is 1. The largest absolute Gasteiger partial charge is 0.508 e. The molecular weight excluding hydrogens is 733 g/mol. The highest BCUT2D eigenvalue weighted by Crippen LogP contribution is 2.52. The molecule has 57 heavy (non-hydrogen) atoms. The second-order valence-corrected chi connectivity index (χ2v) is 17.9. The highest BCUT2D eigenvalue weighted by molar-refractivity contribution is 6.01. The minimum absolute atomic E-state index is 0.00504. The van der Waals surface area contributed by atoms with Gasteiger partial charge in [0.15, 0.2) is 5.82 Å². The number of pyridine rings is 1. The molecule has 3 aliphatic heterocycles. The topological polar surface area (TPSA) is 134 Å². The van der Waals surface area contributed by atoms with Crippen LogP contribution in [0.4, 0.5) is 14.6 Å². The van der Waals surface area contributed by atoms with Crippen LogP contribution in [0.15, 0.2) is 30.5 Å². The molecule has 13 heteroatoms. The van der Waals surface area contributed by atoms with Gasteiger partial charge in [-0.15, -0.1) is 0 Å². The average Bonchev–Trinajstić information content (AvgIpc) is 3.82. The quantitative estimate of drug-likeness (QED) is 0.176. The molecule has 3 N–H and O–H groups in total. The summed E-state index contributed by atoms with van der Waals surface area (Å²) in [5.74, 6) is -0.988. The van der Waals surface area contributed by atoms with Crippen molar-refractivity contribution in [3.8, 4) is 23.0 Å². The predicted molar refractivity (Wildman–Crippen MR) is 213 cm³/mol. The number of aliphatic hydroxyl groups is 2. The first-order valence-electron chi connectivity index (χ1n) is 21.0. The molecule has 11 nitrogen and oxygen atoms in total. The van der Waals surface area contributed by atoms with Crippen LogP contribution in [0.1, 0.15) is 83.6 Å². The van der Waals surface area contributed by atoms with E-state index in [0.717, 1.165) is 51.9 Å². The smallest absolute Gasteiger partial charge is 0.319 e. The molecule has 2 aromatic carbocycles. The number of nitrogens with zero attached hydrogens (tertiary/aromatic N) is 5. The molecule has 5 heterocycles. The summed E-state index contributed by atoms with van der Waals surface area (Å²) < 4.78 is 50.8. The number of rotatable bonds is 8. The number of β-amino-alcohol motifs (C(OH)–C–C–N with tert-alkyl or cyclic N) is 1. The summed E-state index contributed by atoms with van der Waals surface area (Å²) in [5.41, 5.74) is -0.522. The molecule has 5 fully saturated rings. The summed E-state index contributed by atoms with van der Waals surface area (Å²) in [6.45, 7) is 6.72. The van der Waals surface area contributed by atoms with Gasteiger partial charge in [-0.1, -0.05) is 19.4 Å². The van der Waals surface area contributed by atoms with Gasteiger partial charge in [0.25, 0.3) is 0 Å². The highest BCUT2D eigenvalue weighted by Gasteiger charge is 2.51. The van der Waals surface area contributed by atoms with Gasteiger partial charge in [-0.05, 0) is 118 Å². The summed E-state index contributed by atoms with van der Waals surface area (Å²) in [6, 6.07) is 6.81. The fourth-order valence-electron chi connectivity index (χ4n) is 11.1. The zero-order valence-electron chi connectivity index (χ0n) is 33.1. The van der Waals surface area contributed by atoms with E-state index in [0.29, 0.717) is 52.7 Å². The number of ether oxygens (including phenoxy) is 3. The van der Waals surface area contributed by atoms with Crippen LogP contribution in [0, 0.1) is 22.5 Å². The van der Waals surface area contributed by atoms with Gasteiger partial charge in [0.2, 0.25) is 0 Å². The van der Waals surface area contributed by atoms with Gasteiger partial charge < -0.3 is 34.4 Å². The van der Waals surface area contributed by atoms with Crippen molar-refractivity contribution in [2.75, 3.05) is 57.6 Å². The number of aliphatic hydroxyl groups excluding tert-OH is 1. The first-order chi connectivity index (χ1) is 27.5. The van der Waals surface area contributed by atoms with E-state index in [1.807, 2.05) is 6.92 Å². The van der Waals surface area contributed by atoms with Crippen LogP contribution < -0.4 is 9.64 Å². The number of fused-ring (bicyclic) bond motifs is 3. The van der Waals surface area contributed by atoms with Crippen LogP contribution in [0.25, 0.3) is 32.9 Å². The van der Waals surface area contributed by atoms with Gasteiger partial charge in [-0.2, -0.15) is 9.97 Å². The number of hydrogen-bond acceptors (Lipinski definition) is 11. The second-order valence-electron chi connectivity index (χ2n) is 17.9. The first kappa shape index (κ1) is 38.8. The maximum atomic E-state index is 17.3. The summed E-state index contributed by atoms with van der Waals surface area (Å²) in [6.07, 6.45) is 12.6. The van der Waals surface area contributed by atoms with Crippen LogP contribution in [-0.4, -0.2) is 112 Å². The third kappa shape index (κ3) is 7.11. The molecule has 2 saturated carbocycles. The van der Waals surface area contributed by atoms with Crippen molar-refractivity contribution in [2.45, 2.75) is 108 Å². The number of aryl methyl sites for hydroxylation is 1. The van der Waals surface area contributed by atoms with Crippen molar-refractivity contribution >= 4 is 27.5 Å². The monoisotopic (exact) mass is 787 g/mol. The molecule has 2 aliphatic carbocycles. The Morgan fingerprint density at radius 2 is 1.84 bits per heavy atom. The van der Waals surface area contributed by atoms with Crippen molar-refractivity contribution in [1.29, 1.82) is 0 Å². The maximum Gasteiger partial charge on any atom is 0.319 e. The molecule has 3 saturated heterocycles. The van der Waals surface area contributed by atoms with E-state index in [9.17, 15) is 15.3 Å². The molecule has 2 aromatic heterocycles. The van der Waals surface area contributed by atoms with Crippen LogP contribution in [0.3, 0.4) is 0 Å². The van der Waals surface area contributed by atoms with Gasteiger partial charge in [-0.3, -0.25) is 9.88 Å². The third-order valence-electron chi connectivity index (χ3n) is 14.0. The van der Waals surface area contributed by atoms with E-state index in [1.165, 1.54) is 56.5 Å². The van der Waals surface area contributed by atoms with E-state index in [4.69, 9.17) is 24.2 Å². The molecule has 5 aliphatic rings. The predicted octanol–water partition coefficient (Wildman–Crippen LogP) is 6.70. The molecule has 0 radical (unpaired) electrons. The number of phenolic OH excluding ortho intramolecular Hbond substituents is 1. The Morgan fingerprint density at radius 1 is 1.02 bits per heavy atom. The van der Waals surface area contributed by atoms with Gasteiger partial charge in [0, 0.05) is 42.4 Å².